The third-order valence-electron chi connectivity index (χ3n) is 3.99. The summed E-state index contributed by atoms with van der Waals surface area (Å²) in [7, 11) is 4.16. The zero-order valence-corrected chi connectivity index (χ0v) is 12.4. The molecule has 19 heavy (non-hydrogen) atoms. The zero-order valence-electron chi connectivity index (χ0n) is 12.4. The van der Waals surface area contributed by atoms with Gasteiger partial charge in [-0.1, -0.05) is 12.1 Å². The summed E-state index contributed by atoms with van der Waals surface area (Å²) < 4.78 is 5.84. The van der Waals surface area contributed by atoms with Crippen molar-refractivity contribution in [2.24, 2.45) is 5.92 Å². The van der Waals surface area contributed by atoms with Crippen LogP contribution in [0.1, 0.15) is 25.3 Å². The summed E-state index contributed by atoms with van der Waals surface area (Å²) in [5.41, 5.74) is 1.26. The lowest BCUT2D eigenvalue weighted by atomic mass is 10.2. The predicted molar refractivity (Wildman–Crippen MR) is 79.5 cm³/mol. The van der Waals surface area contributed by atoms with E-state index in [2.05, 4.69) is 42.4 Å². The van der Waals surface area contributed by atoms with Gasteiger partial charge in [0.1, 0.15) is 12.4 Å². The summed E-state index contributed by atoms with van der Waals surface area (Å²) in [4.78, 5) is 2.41. The second-order valence-electron chi connectivity index (χ2n) is 5.58. The van der Waals surface area contributed by atoms with Gasteiger partial charge in [-0.15, -0.1) is 0 Å². The number of rotatable bonds is 8. The van der Waals surface area contributed by atoms with E-state index in [0.717, 1.165) is 31.4 Å². The maximum absolute atomic E-state index is 5.84. The minimum absolute atomic E-state index is 0.694. The van der Waals surface area contributed by atoms with Gasteiger partial charge in [0.05, 0.1) is 0 Å². The number of benzene rings is 1. The lowest BCUT2D eigenvalue weighted by molar-refractivity contribution is 0.186. The van der Waals surface area contributed by atoms with E-state index in [0.29, 0.717) is 6.04 Å². The molecule has 1 atom stereocenters. The number of hydrogen-bond donors (Lipinski definition) is 1. The van der Waals surface area contributed by atoms with Crippen molar-refractivity contribution in [1.29, 1.82) is 0 Å². The second-order valence-corrected chi connectivity index (χ2v) is 5.58. The molecule has 0 bridgehead atoms. The lowest BCUT2D eigenvalue weighted by Gasteiger charge is -2.24. The average Bonchev–Trinajstić information content (AvgIpc) is 3.23. The molecule has 3 heteroatoms. The minimum atomic E-state index is 0.694. The standard InChI is InChI=1S/C16H26N2O/c1-13(15-7-8-15)18(3)9-10-19-16-6-4-5-14(11-16)12-17-2/h4-6,11,13,15,17H,7-10,12H2,1-3H3. The number of hydrogen-bond acceptors (Lipinski definition) is 3. The fourth-order valence-electron chi connectivity index (χ4n) is 2.40. The first-order valence-electron chi connectivity index (χ1n) is 7.27. The van der Waals surface area contributed by atoms with Gasteiger partial charge in [0, 0.05) is 19.1 Å². The monoisotopic (exact) mass is 262 g/mol. The van der Waals surface area contributed by atoms with Gasteiger partial charge in [-0.3, -0.25) is 0 Å². The number of likely N-dealkylation sites (N-methyl/N-ethyl adjacent to an activating group) is 1. The van der Waals surface area contributed by atoms with Crippen LogP contribution in [0.25, 0.3) is 0 Å². The predicted octanol–water partition coefficient (Wildman–Crippen LogP) is 2.52. The lowest BCUT2D eigenvalue weighted by Crippen LogP contribution is -2.34. The van der Waals surface area contributed by atoms with Crippen molar-refractivity contribution in [3.63, 3.8) is 0 Å². The van der Waals surface area contributed by atoms with Crippen LogP contribution < -0.4 is 10.1 Å². The molecule has 0 spiro atoms. The highest BCUT2D eigenvalue weighted by atomic mass is 16.5. The molecule has 1 unspecified atom stereocenters. The van der Waals surface area contributed by atoms with E-state index in [-0.39, 0.29) is 0 Å². The second kappa shape index (κ2) is 6.92. The number of nitrogens with one attached hydrogen (secondary N) is 1. The van der Waals surface area contributed by atoms with Gasteiger partial charge in [0.15, 0.2) is 0 Å². The molecular formula is C16H26N2O. The Balaban J connectivity index is 1.73. The molecule has 0 saturated heterocycles. The highest BCUT2D eigenvalue weighted by molar-refractivity contribution is 5.28. The van der Waals surface area contributed by atoms with Crippen LogP contribution in [-0.2, 0) is 6.54 Å². The Morgan fingerprint density at radius 1 is 1.42 bits per heavy atom. The Labute approximate surface area is 116 Å². The van der Waals surface area contributed by atoms with Crippen LogP contribution in [0.3, 0.4) is 0 Å². The van der Waals surface area contributed by atoms with Gasteiger partial charge in [0.2, 0.25) is 0 Å². The number of nitrogens with zero attached hydrogens (tertiary/aromatic N) is 1. The van der Waals surface area contributed by atoms with Crippen LogP contribution >= 0.6 is 0 Å². The van der Waals surface area contributed by atoms with E-state index in [4.69, 9.17) is 4.74 Å². The summed E-state index contributed by atoms with van der Waals surface area (Å²) in [5, 5.41) is 3.16. The van der Waals surface area contributed by atoms with Crippen molar-refractivity contribution in [3.05, 3.63) is 29.8 Å². The minimum Gasteiger partial charge on any atom is -0.492 e. The molecule has 0 radical (unpaired) electrons. The van der Waals surface area contributed by atoms with Crippen molar-refractivity contribution in [3.8, 4) is 5.75 Å². The molecule has 2 rings (SSSR count). The summed E-state index contributed by atoms with van der Waals surface area (Å²) in [5.74, 6) is 1.89. The maximum atomic E-state index is 5.84. The Bertz CT molecular complexity index is 390. The van der Waals surface area contributed by atoms with Gasteiger partial charge in [0.25, 0.3) is 0 Å². The molecule has 0 aromatic heterocycles. The first-order chi connectivity index (χ1) is 9.20. The van der Waals surface area contributed by atoms with E-state index in [9.17, 15) is 0 Å². The molecule has 1 aromatic rings. The summed E-state index contributed by atoms with van der Waals surface area (Å²) in [6.45, 7) is 4.96. The van der Waals surface area contributed by atoms with Gasteiger partial charge >= 0.3 is 0 Å². The van der Waals surface area contributed by atoms with Crippen LogP contribution in [0.4, 0.5) is 0 Å². The van der Waals surface area contributed by atoms with Crippen molar-refractivity contribution >= 4 is 0 Å². The van der Waals surface area contributed by atoms with Crippen LogP contribution in [0.15, 0.2) is 24.3 Å². The molecule has 3 nitrogen and oxygen atoms in total. The van der Waals surface area contributed by atoms with E-state index in [1.165, 1.54) is 18.4 Å². The van der Waals surface area contributed by atoms with Gasteiger partial charge in [-0.25, -0.2) is 0 Å². The fraction of sp³-hybridized carbons (Fsp3) is 0.625. The SMILES string of the molecule is CNCc1cccc(OCCN(C)C(C)C2CC2)c1. The van der Waals surface area contributed by atoms with Crippen LogP contribution in [0.5, 0.6) is 5.75 Å². The molecule has 1 aromatic carbocycles. The first kappa shape index (κ1) is 14.4. The van der Waals surface area contributed by atoms with Crippen molar-refractivity contribution < 1.29 is 4.74 Å². The molecule has 1 N–H and O–H groups in total. The third-order valence-corrected chi connectivity index (χ3v) is 3.99. The molecule has 1 fully saturated rings. The molecule has 1 aliphatic rings. The van der Waals surface area contributed by atoms with Gasteiger partial charge in [-0.2, -0.15) is 0 Å². The van der Waals surface area contributed by atoms with E-state index < -0.39 is 0 Å². The van der Waals surface area contributed by atoms with Crippen molar-refractivity contribution in [2.75, 3.05) is 27.2 Å². The van der Waals surface area contributed by atoms with E-state index in [1.54, 1.807) is 0 Å². The van der Waals surface area contributed by atoms with Gasteiger partial charge < -0.3 is 15.0 Å². The molecule has 1 aliphatic carbocycles. The average molecular weight is 262 g/mol. The van der Waals surface area contributed by atoms with Crippen LogP contribution in [0, 0.1) is 5.92 Å². The van der Waals surface area contributed by atoms with E-state index >= 15 is 0 Å². The first-order valence-corrected chi connectivity index (χ1v) is 7.27. The normalized spacial score (nSPS) is 16.6. The van der Waals surface area contributed by atoms with Crippen molar-refractivity contribution in [1.82, 2.24) is 10.2 Å². The Hall–Kier alpha value is -1.06. The number of ether oxygens (including phenoxy) is 1. The van der Waals surface area contributed by atoms with Gasteiger partial charge in [-0.05, 0) is 57.5 Å². The maximum Gasteiger partial charge on any atom is 0.119 e. The van der Waals surface area contributed by atoms with E-state index in [1.807, 2.05) is 13.1 Å². The Morgan fingerprint density at radius 2 is 2.21 bits per heavy atom. The Morgan fingerprint density at radius 3 is 2.89 bits per heavy atom. The third kappa shape index (κ3) is 4.51. The smallest absolute Gasteiger partial charge is 0.119 e. The van der Waals surface area contributed by atoms with Crippen molar-refractivity contribution in [2.45, 2.75) is 32.4 Å². The zero-order chi connectivity index (χ0) is 13.7. The largest absolute Gasteiger partial charge is 0.492 e. The molecule has 0 amide bonds. The molecule has 106 valence electrons. The molecule has 1 saturated carbocycles. The topological polar surface area (TPSA) is 24.5 Å². The summed E-state index contributed by atoms with van der Waals surface area (Å²) in [6.07, 6.45) is 2.80. The summed E-state index contributed by atoms with van der Waals surface area (Å²) in [6, 6.07) is 9.01. The van der Waals surface area contributed by atoms with Crippen LogP contribution in [-0.4, -0.2) is 38.2 Å². The highest BCUT2D eigenvalue weighted by Crippen LogP contribution is 2.34. The molecular weight excluding hydrogens is 236 g/mol. The highest BCUT2D eigenvalue weighted by Gasteiger charge is 2.30. The Kier molecular flexibility index (Phi) is 5.23. The quantitative estimate of drug-likeness (QED) is 0.779. The molecule has 0 heterocycles. The fourth-order valence-corrected chi connectivity index (χ4v) is 2.40. The molecule has 0 aliphatic heterocycles. The summed E-state index contributed by atoms with van der Waals surface area (Å²) >= 11 is 0. The van der Waals surface area contributed by atoms with Crippen LogP contribution in [0.2, 0.25) is 0 Å².